The van der Waals surface area contributed by atoms with E-state index >= 15 is 0 Å². The normalized spacial score (nSPS) is 14.8. The molecule has 0 saturated heterocycles. The van der Waals surface area contributed by atoms with Gasteiger partial charge in [0.25, 0.3) is 0 Å². The fourth-order valence-corrected chi connectivity index (χ4v) is 2.26. The van der Waals surface area contributed by atoms with Gasteiger partial charge in [-0.3, -0.25) is 4.99 Å². The van der Waals surface area contributed by atoms with Crippen molar-refractivity contribution in [3.8, 4) is 0 Å². The first-order chi connectivity index (χ1) is 9.38. The topological polar surface area (TPSA) is 53.6 Å². The van der Waals surface area contributed by atoms with Crippen molar-refractivity contribution >= 4 is 35.6 Å². The van der Waals surface area contributed by atoms with Crippen molar-refractivity contribution in [3.63, 3.8) is 0 Å². The molecule has 0 aliphatic heterocycles. The van der Waals surface area contributed by atoms with Crippen LogP contribution in [-0.4, -0.2) is 37.0 Å². The van der Waals surface area contributed by atoms with Crippen LogP contribution in [0.15, 0.2) is 23.2 Å². The number of nitrogens with one attached hydrogen (secondary N) is 1. The smallest absolute Gasteiger partial charge is 0.193 e. The summed E-state index contributed by atoms with van der Waals surface area (Å²) in [5.74, 6) is 0.484. The van der Waals surface area contributed by atoms with Crippen LogP contribution in [0.5, 0.6) is 0 Å². The standard InChI is InChI=1S/C16H26N4.HI/c1-16(2,20(3)4)11-18-15(17)19-14-9-8-12-6-5-7-13(12)10-14;/h8-10H,5-7,11H2,1-4H3,(H3,17,18,19);1H. The highest BCUT2D eigenvalue weighted by atomic mass is 127. The molecule has 118 valence electrons. The fraction of sp³-hybridized carbons (Fsp3) is 0.562. The summed E-state index contributed by atoms with van der Waals surface area (Å²) < 4.78 is 0. The molecule has 0 heterocycles. The van der Waals surface area contributed by atoms with Gasteiger partial charge in [0.1, 0.15) is 0 Å². The average molecular weight is 402 g/mol. The van der Waals surface area contributed by atoms with Gasteiger partial charge in [0, 0.05) is 11.2 Å². The summed E-state index contributed by atoms with van der Waals surface area (Å²) in [6, 6.07) is 6.48. The lowest BCUT2D eigenvalue weighted by atomic mass is 10.1. The molecule has 1 aliphatic carbocycles. The number of hydrogen-bond donors (Lipinski definition) is 2. The summed E-state index contributed by atoms with van der Waals surface area (Å²) in [5.41, 5.74) is 9.93. The maximum atomic E-state index is 5.98. The van der Waals surface area contributed by atoms with Crippen molar-refractivity contribution in [1.29, 1.82) is 0 Å². The molecule has 0 bridgehead atoms. The number of halogens is 1. The van der Waals surface area contributed by atoms with E-state index in [9.17, 15) is 0 Å². The monoisotopic (exact) mass is 402 g/mol. The molecular weight excluding hydrogens is 375 g/mol. The summed E-state index contributed by atoms with van der Waals surface area (Å²) in [6.45, 7) is 4.97. The number of nitrogens with zero attached hydrogens (tertiary/aromatic N) is 2. The van der Waals surface area contributed by atoms with Crippen LogP contribution >= 0.6 is 24.0 Å². The Morgan fingerprint density at radius 1 is 1.29 bits per heavy atom. The van der Waals surface area contributed by atoms with Crippen molar-refractivity contribution in [2.45, 2.75) is 38.6 Å². The third-order valence-corrected chi connectivity index (χ3v) is 4.22. The number of fused-ring (bicyclic) bond motifs is 1. The third-order valence-electron chi connectivity index (χ3n) is 4.22. The van der Waals surface area contributed by atoms with Crippen molar-refractivity contribution in [1.82, 2.24) is 4.90 Å². The molecule has 2 rings (SSSR count). The Labute approximate surface area is 145 Å². The summed E-state index contributed by atoms with van der Waals surface area (Å²) in [5, 5.41) is 3.19. The minimum Gasteiger partial charge on any atom is -0.370 e. The minimum absolute atomic E-state index is 0. The van der Waals surface area contributed by atoms with E-state index in [0.29, 0.717) is 12.5 Å². The molecule has 0 saturated carbocycles. The Balaban J connectivity index is 0.00000220. The first kappa shape index (κ1) is 18.2. The summed E-state index contributed by atoms with van der Waals surface area (Å²) in [7, 11) is 4.11. The molecule has 0 atom stereocenters. The molecule has 4 nitrogen and oxygen atoms in total. The Bertz CT molecular complexity index is 509. The van der Waals surface area contributed by atoms with E-state index in [1.807, 2.05) is 0 Å². The zero-order chi connectivity index (χ0) is 14.8. The van der Waals surface area contributed by atoms with Gasteiger partial charge in [-0.25, -0.2) is 0 Å². The van der Waals surface area contributed by atoms with Crippen LogP contribution in [0.3, 0.4) is 0 Å². The Morgan fingerprint density at radius 2 is 1.95 bits per heavy atom. The lowest BCUT2D eigenvalue weighted by Crippen LogP contribution is -2.41. The number of anilines is 1. The van der Waals surface area contributed by atoms with Crippen LogP contribution in [0.4, 0.5) is 5.69 Å². The van der Waals surface area contributed by atoms with E-state index in [0.717, 1.165) is 5.69 Å². The fourth-order valence-electron chi connectivity index (χ4n) is 2.26. The SMILES string of the molecule is CN(C)C(C)(C)CN=C(N)Nc1ccc2c(c1)CCC2.I. The lowest BCUT2D eigenvalue weighted by Gasteiger charge is -2.30. The summed E-state index contributed by atoms with van der Waals surface area (Å²) in [4.78, 5) is 6.60. The van der Waals surface area contributed by atoms with Gasteiger partial charge in [-0.1, -0.05) is 6.07 Å². The first-order valence-electron chi connectivity index (χ1n) is 7.25. The summed E-state index contributed by atoms with van der Waals surface area (Å²) >= 11 is 0. The molecule has 0 radical (unpaired) electrons. The zero-order valence-electron chi connectivity index (χ0n) is 13.4. The third kappa shape index (κ3) is 4.85. The minimum atomic E-state index is 0. The number of rotatable bonds is 4. The highest BCUT2D eigenvalue weighted by Gasteiger charge is 2.19. The predicted molar refractivity (Wildman–Crippen MR) is 102 cm³/mol. The molecule has 0 amide bonds. The highest BCUT2D eigenvalue weighted by molar-refractivity contribution is 14.0. The van der Waals surface area contributed by atoms with Crippen molar-refractivity contribution in [2.75, 3.05) is 26.0 Å². The van der Waals surface area contributed by atoms with E-state index in [1.54, 1.807) is 0 Å². The van der Waals surface area contributed by atoms with Gasteiger partial charge in [-0.2, -0.15) is 0 Å². The Morgan fingerprint density at radius 3 is 2.62 bits per heavy atom. The van der Waals surface area contributed by atoms with Crippen LogP contribution in [0.2, 0.25) is 0 Å². The van der Waals surface area contributed by atoms with E-state index in [2.05, 4.69) is 61.4 Å². The highest BCUT2D eigenvalue weighted by Crippen LogP contribution is 2.24. The maximum absolute atomic E-state index is 5.98. The molecule has 3 N–H and O–H groups in total. The maximum Gasteiger partial charge on any atom is 0.193 e. The van der Waals surface area contributed by atoms with Gasteiger partial charge in [-0.15, -0.1) is 24.0 Å². The Kier molecular flexibility index (Phi) is 6.46. The molecule has 5 heteroatoms. The summed E-state index contributed by atoms with van der Waals surface area (Å²) in [6.07, 6.45) is 3.64. The molecule has 1 aromatic carbocycles. The molecule has 1 aliphatic rings. The van der Waals surface area contributed by atoms with Gasteiger partial charge in [0.05, 0.1) is 6.54 Å². The van der Waals surface area contributed by atoms with Gasteiger partial charge in [-0.05, 0) is 70.5 Å². The number of aryl methyl sites for hydroxylation is 2. The van der Waals surface area contributed by atoms with Gasteiger partial charge in [0.15, 0.2) is 5.96 Å². The average Bonchev–Trinajstić information content (AvgIpc) is 2.83. The second-order valence-electron chi connectivity index (χ2n) is 6.37. The molecule has 0 fully saturated rings. The number of hydrogen-bond acceptors (Lipinski definition) is 2. The second kappa shape index (κ2) is 7.45. The number of likely N-dealkylation sites (N-methyl/N-ethyl adjacent to an activating group) is 1. The quantitative estimate of drug-likeness (QED) is 0.463. The van der Waals surface area contributed by atoms with Crippen LogP contribution in [0, 0.1) is 0 Å². The predicted octanol–water partition coefficient (Wildman–Crippen LogP) is 2.86. The zero-order valence-corrected chi connectivity index (χ0v) is 15.8. The van der Waals surface area contributed by atoms with Crippen molar-refractivity contribution < 1.29 is 0 Å². The second-order valence-corrected chi connectivity index (χ2v) is 6.37. The van der Waals surface area contributed by atoms with Crippen LogP contribution in [0.25, 0.3) is 0 Å². The first-order valence-corrected chi connectivity index (χ1v) is 7.25. The van der Waals surface area contributed by atoms with Crippen LogP contribution < -0.4 is 11.1 Å². The number of benzene rings is 1. The number of aliphatic imine (C=N–C) groups is 1. The largest absolute Gasteiger partial charge is 0.370 e. The van der Waals surface area contributed by atoms with Gasteiger partial charge < -0.3 is 16.0 Å². The molecular formula is C16H27IN4. The van der Waals surface area contributed by atoms with E-state index in [-0.39, 0.29) is 29.5 Å². The van der Waals surface area contributed by atoms with Gasteiger partial charge >= 0.3 is 0 Å². The van der Waals surface area contributed by atoms with E-state index in [1.165, 1.54) is 30.4 Å². The number of nitrogens with two attached hydrogens (primary N) is 1. The molecule has 21 heavy (non-hydrogen) atoms. The van der Waals surface area contributed by atoms with Crippen molar-refractivity contribution in [3.05, 3.63) is 29.3 Å². The van der Waals surface area contributed by atoms with Gasteiger partial charge in [0.2, 0.25) is 0 Å². The molecule has 0 unspecified atom stereocenters. The molecule has 1 aromatic rings. The van der Waals surface area contributed by atoms with E-state index in [4.69, 9.17) is 5.73 Å². The van der Waals surface area contributed by atoms with E-state index < -0.39 is 0 Å². The van der Waals surface area contributed by atoms with Crippen LogP contribution in [-0.2, 0) is 12.8 Å². The van der Waals surface area contributed by atoms with Crippen molar-refractivity contribution in [2.24, 2.45) is 10.7 Å². The molecule has 0 aromatic heterocycles. The molecule has 0 spiro atoms. The Hall–Kier alpha value is -0.820. The lowest BCUT2D eigenvalue weighted by molar-refractivity contribution is 0.205. The van der Waals surface area contributed by atoms with Crippen LogP contribution in [0.1, 0.15) is 31.4 Å². The number of guanidine groups is 1.